The van der Waals surface area contributed by atoms with E-state index >= 15 is 0 Å². The molecule has 0 spiro atoms. The summed E-state index contributed by atoms with van der Waals surface area (Å²) in [6, 6.07) is 15.1. The molecule has 7 heteroatoms. The van der Waals surface area contributed by atoms with Crippen molar-refractivity contribution in [3.63, 3.8) is 0 Å². The summed E-state index contributed by atoms with van der Waals surface area (Å²) in [5.41, 5.74) is 3.91. The van der Waals surface area contributed by atoms with Crippen molar-refractivity contribution in [1.82, 2.24) is 4.68 Å². The van der Waals surface area contributed by atoms with E-state index < -0.39 is 6.61 Å². The molecular weight excluding hydrogens is 416 g/mol. The van der Waals surface area contributed by atoms with Crippen LogP contribution in [0.2, 0.25) is 0 Å². The van der Waals surface area contributed by atoms with Gasteiger partial charge in [0.25, 0.3) is 0 Å². The number of alkyl halides is 2. The summed E-state index contributed by atoms with van der Waals surface area (Å²) < 4.78 is 31.3. The standard InChI is InChI=1S/C24H25F2N3OS/c1-17-6-5-7-18(14-17)15-27-29-22(19-10-12-21(13-11-19)30-23(25)26)16-31-24(29)28-20-8-3-2-4-9-20/h5-7,10-16,20,23H,2-4,8-9H2,1H3/b27-15+,28-24?. The first kappa shape index (κ1) is 21.4. The Kier molecular flexibility index (Phi) is 6.92. The molecular formula is C24H25F2N3OS. The predicted octanol–water partition coefficient (Wildman–Crippen LogP) is 6.24. The number of ether oxygens (including phenoxy) is 1. The second kappa shape index (κ2) is 10.0. The molecule has 1 aliphatic carbocycles. The second-order valence-electron chi connectivity index (χ2n) is 7.70. The average molecular weight is 442 g/mol. The van der Waals surface area contributed by atoms with Gasteiger partial charge in [-0.25, -0.2) is 4.68 Å². The number of hydrogen-bond donors (Lipinski definition) is 0. The zero-order valence-corrected chi connectivity index (χ0v) is 18.2. The summed E-state index contributed by atoms with van der Waals surface area (Å²) in [6.45, 7) is -0.787. The van der Waals surface area contributed by atoms with Crippen LogP contribution < -0.4 is 9.54 Å². The van der Waals surface area contributed by atoms with E-state index in [1.54, 1.807) is 35.6 Å². The van der Waals surface area contributed by atoms with Gasteiger partial charge in [-0.3, -0.25) is 4.99 Å². The van der Waals surface area contributed by atoms with Crippen molar-refractivity contribution in [1.29, 1.82) is 0 Å². The zero-order chi connectivity index (χ0) is 21.6. The monoisotopic (exact) mass is 441 g/mol. The Morgan fingerprint density at radius 1 is 1.10 bits per heavy atom. The molecule has 3 aromatic rings. The van der Waals surface area contributed by atoms with Crippen molar-refractivity contribution < 1.29 is 13.5 Å². The molecule has 0 atom stereocenters. The van der Waals surface area contributed by atoms with E-state index in [2.05, 4.69) is 10.8 Å². The quantitative estimate of drug-likeness (QED) is 0.417. The molecule has 1 aromatic heterocycles. The normalized spacial score (nSPS) is 15.8. The molecule has 1 fully saturated rings. The molecule has 1 aliphatic rings. The number of halogens is 2. The first-order chi connectivity index (χ1) is 15.1. The molecule has 1 heterocycles. The zero-order valence-electron chi connectivity index (χ0n) is 17.4. The van der Waals surface area contributed by atoms with Crippen molar-refractivity contribution >= 4 is 17.6 Å². The van der Waals surface area contributed by atoms with Crippen LogP contribution >= 0.6 is 11.3 Å². The van der Waals surface area contributed by atoms with Crippen LogP contribution in [0.5, 0.6) is 5.75 Å². The van der Waals surface area contributed by atoms with Gasteiger partial charge in [0.2, 0.25) is 4.80 Å². The molecule has 1 saturated carbocycles. The van der Waals surface area contributed by atoms with E-state index in [0.717, 1.165) is 34.5 Å². The van der Waals surface area contributed by atoms with Crippen molar-refractivity contribution in [3.8, 4) is 17.0 Å². The molecule has 31 heavy (non-hydrogen) atoms. The van der Waals surface area contributed by atoms with Crippen LogP contribution in [0.25, 0.3) is 11.3 Å². The number of aromatic nitrogens is 1. The van der Waals surface area contributed by atoms with E-state index in [0.29, 0.717) is 6.04 Å². The highest BCUT2D eigenvalue weighted by Gasteiger charge is 2.14. The van der Waals surface area contributed by atoms with Crippen LogP contribution in [0.15, 0.2) is 64.0 Å². The van der Waals surface area contributed by atoms with Gasteiger partial charge < -0.3 is 4.74 Å². The summed E-state index contributed by atoms with van der Waals surface area (Å²) in [5, 5.41) is 6.76. The van der Waals surface area contributed by atoms with E-state index in [-0.39, 0.29) is 5.75 Å². The molecule has 0 unspecified atom stereocenters. The molecule has 0 saturated heterocycles. The first-order valence-electron chi connectivity index (χ1n) is 10.5. The van der Waals surface area contributed by atoms with Gasteiger partial charge >= 0.3 is 6.61 Å². The Morgan fingerprint density at radius 3 is 2.58 bits per heavy atom. The van der Waals surface area contributed by atoms with Gasteiger partial charge in [0.15, 0.2) is 0 Å². The summed E-state index contributed by atoms with van der Waals surface area (Å²) in [6.07, 6.45) is 7.75. The number of benzene rings is 2. The molecule has 0 aliphatic heterocycles. The van der Waals surface area contributed by atoms with Crippen molar-refractivity contribution in [2.45, 2.75) is 51.7 Å². The maximum Gasteiger partial charge on any atom is 0.387 e. The third-order valence-corrected chi connectivity index (χ3v) is 6.12. The first-order valence-corrected chi connectivity index (χ1v) is 11.4. The van der Waals surface area contributed by atoms with E-state index in [1.165, 1.54) is 24.8 Å². The minimum Gasteiger partial charge on any atom is -0.435 e. The number of thiazole rings is 1. The highest BCUT2D eigenvalue weighted by molar-refractivity contribution is 7.07. The predicted molar refractivity (Wildman–Crippen MR) is 121 cm³/mol. The summed E-state index contributed by atoms with van der Waals surface area (Å²) in [5.74, 6) is 0.135. The smallest absolute Gasteiger partial charge is 0.387 e. The Hall–Kier alpha value is -2.80. The third kappa shape index (κ3) is 5.67. The van der Waals surface area contributed by atoms with Gasteiger partial charge in [-0.2, -0.15) is 13.9 Å². The maximum atomic E-state index is 12.5. The number of aryl methyl sites for hydroxylation is 1. The molecule has 0 bridgehead atoms. The third-order valence-electron chi connectivity index (χ3n) is 5.29. The summed E-state index contributed by atoms with van der Waals surface area (Å²) in [7, 11) is 0. The lowest BCUT2D eigenvalue weighted by Gasteiger charge is -2.16. The van der Waals surface area contributed by atoms with Gasteiger partial charge in [-0.15, -0.1) is 11.3 Å². The average Bonchev–Trinajstić information content (AvgIpc) is 3.15. The Morgan fingerprint density at radius 2 is 1.87 bits per heavy atom. The number of nitrogens with zero attached hydrogens (tertiary/aromatic N) is 3. The molecule has 4 nitrogen and oxygen atoms in total. The van der Waals surface area contributed by atoms with Crippen LogP contribution in [0.3, 0.4) is 0 Å². The van der Waals surface area contributed by atoms with Crippen LogP contribution in [0.4, 0.5) is 8.78 Å². The summed E-state index contributed by atoms with van der Waals surface area (Å²) >= 11 is 1.55. The van der Waals surface area contributed by atoms with Crippen LogP contribution in [-0.4, -0.2) is 23.5 Å². The maximum absolute atomic E-state index is 12.5. The fraction of sp³-hybridized carbons (Fsp3) is 0.333. The molecule has 4 rings (SSSR count). The SMILES string of the molecule is Cc1cccc(/C=N/n2c(-c3ccc(OC(F)F)cc3)csc2=NC2CCCCC2)c1. The number of hydrogen-bond acceptors (Lipinski definition) is 4. The largest absolute Gasteiger partial charge is 0.435 e. The minimum absolute atomic E-state index is 0.135. The Balaban J connectivity index is 1.71. The van der Waals surface area contributed by atoms with Crippen molar-refractivity contribution in [2.24, 2.45) is 10.1 Å². The van der Waals surface area contributed by atoms with E-state index in [1.807, 2.05) is 41.4 Å². The van der Waals surface area contributed by atoms with Gasteiger partial charge in [0, 0.05) is 10.9 Å². The minimum atomic E-state index is -2.84. The van der Waals surface area contributed by atoms with Gasteiger partial charge in [0.1, 0.15) is 5.75 Å². The lowest BCUT2D eigenvalue weighted by Crippen LogP contribution is -2.19. The Labute approximate surface area is 184 Å². The molecule has 0 N–H and O–H groups in total. The Bertz CT molecular complexity index is 1100. The van der Waals surface area contributed by atoms with Gasteiger partial charge in [-0.05, 0) is 49.6 Å². The van der Waals surface area contributed by atoms with Gasteiger partial charge in [-0.1, -0.05) is 49.1 Å². The highest BCUT2D eigenvalue weighted by Crippen LogP contribution is 2.25. The lowest BCUT2D eigenvalue weighted by atomic mass is 9.96. The molecule has 0 amide bonds. The highest BCUT2D eigenvalue weighted by atomic mass is 32.1. The number of rotatable bonds is 6. The van der Waals surface area contributed by atoms with Crippen LogP contribution in [0.1, 0.15) is 43.2 Å². The molecule has 0 radical (unpaired) electrons. The molecule has 162 valence electrons. The van der Waals surface area contributed by atoms with Crippen molar-refractivity contribution in [2.75, 3.05) is 0 Å². The van der Waals surface area contributed by atoms with E-state index in [9.17, 15) is 8.78 Å². The fourth-order valence-electron chi connectivity index (χ4n) is 3.75. The second-order valence-corrected chi connectivity index (χ2v) is 8.53. The van der Waals surface area contributed by atoms with Crippen LogP contribution in [0, 0.1) is 6.92 Å². The topological polar surface area (TPSA) is 38.9 Å². The summed E-state index contributed by atoms with van der Waals surface area (Å²) in [4.78, 5) is 5.84. The van der Waals surface area contributed by atoms with Crippen molar-refractivity contribution in [3.05, 3.63) is 69.8 Å². The van der Waals surface area contributed by atoms with E-state index in [4.69, 9.17) is 10.1 Å². The molecule has 2 aromatic carbocycles. The van der Waals surface area contributed by atoms with Crippen LogP contribution in [-0.2, 0) is 0 Å². The van der Waals surface area contributed by atoms with Gasteiger partial charge in [0.05, 0.1) is 18.0 Å². The lowest BCUT2D eigenvalue weighted by molar-refractivity contribution is -0.0498. The fourth-order valence-corrected chi connectivity index (χ4v) is 4.65.